The minimum absolute atomic E-state index is 0.106. The van der Waals surface area contributed by atoms with Gasteiger partial charge in [-0.1, -0.05) is 42.3 Å². The molecular formula is C27H33N3O4. The fraction of sp³-hybridized carbons (Fsp3) is 0.481. The van der Waals surface area contributed by atoms with E-state index in [0.29, 0.717) is 17.9 Å². The summed E-state index contributed by atoms with van der Waals surface area (Å²) in [7, 11) is 0. The van der Waals surface area contributed by atoms with Crippen LogP contribution in [0.25, 0.3) is 0 Å². The van der Waals surface area contributed by atoms with Crippen molar-refractivity contribution >= 4 is 11.9 Å². The number of piperidine rings is 1. The van der Waals surface area contributed by atoms with Crippen molar-refractivity contribution in [1.29, 1.82) is 0 Å². The van der Waals surface area contributed by atoms with E-state index in [2.05, 4.69) is 42.3 Å². The summed E-state index contributed by atoms with van der Waals surface area (Å²) >= 11 is 0. The Labute approximate surface area is 201 Å². The van der Waals surface area contributed by atoms with E-state index in [1.54, 1.807) is 0 Å². The van der Waals surface area contributed by atoms with E-state index >= 15 is 0 Å². The number of rotatable bonds is 6. The number of hydrogen-bond acceptors (Lipinski definition) is 5. The standard InChI is InChI=1S/C27H33N3O4/c1-4-27(22-7-9-29(10-8-22)15-21-12-18(2)11-19(3)13-21)25(31)30(26(32)28-27)16-20-5-6-23-24(14-20)34-17-33-23/h5-6,11-14,22H,4,7-10,15-17H2,1-3H3,(H,28,32)/t27-/m0/s1. The first-order valence-corrected chi connectivity index (χ1v) is 12.2. The van der Waals surface area contributed by atoms with Gasteiger partial charge in [-0.2, -0.15) is 0 Å². The summed E-state index contributed by atoms with van der Waals surface area (Å²) in [5.41, 5.74) is 3.94. The van der Waals surface area contributed by atoms with Gasteiger partial charge in [0.2, 0.25) is 6.79 Å². The molecule has 3 aliphatic heterocycles. The molecule has 3 aliphatic rings. The molecule has 2 aromatic rings. The number of imide groups is 1. The number of fused-ring (bicyclic) bond motifs is 1. The zero-order chi connectivity index (χ0) is 23.9. The molecule has 1 atom stereocenters. The third-order valence-corrected chi connectivity index (χ3v) is 7.51. The summed E-state index contributed by atoms with van der Waals surface area (Å²) in [4.78, 5) is 30.4. The molecule has 0 spiro atoms. The van der Waals surface area contributed by atoms with E-state index in [1.165, 1.54) is 21.6 Å². The van der Waals surface area contributed by atoms with E-state index in [9.17, 15) is 9.59 Å². The van der Waals surface area contributed by atoms with Gasteiger partial charge >= 0.3 is 6.03 Å². The Hall–Kier alpha value is -3.06. The number of hydrogen-bond donors (Lipinski definition) is 1. The van der Waals surface area contributed by atoms with Gasteiger partial charge in [-0.05, 0) is 75.4 Å². The predicted molar refractivity (Wildman–Crippen MR) is 129 cm³/mol. The number of carbonyl (C=O) groups is 2. The minimum Gasteiger partial charge on any atom is -0.454 e. The molecule has 3 heterocycles. The fourth-order valence-corrected chi connectivity index (χ4v) is 5.82. The zero-order valence-corrected chi connectivity index (χ0v) is 20.2. The average molecular weight is 464 g/mol. The highest BCUT2D eigenvalue weighted by molar-refractivity contribution is 6.07. The molecule has 34 heavy (non-hydrogen) atoms. The van der Waals surface area contributed by atoms with Crippen LogP contribution in [0.5, 0.6) is 11.5 Å². The van der Waals surface area contributed by atoms with Crippen molar-refractivity contribution in [2.45, 2.75) is 58.7 Å². The number of urea groups is 1. The van der Waals surface area contributed by atoms with Crippen molar-refractivity contribution in [2.24, 2.45) is 5.92 Å². The molecule has 7 nitrogen and oxygen atoms in total. The molecule has 0 unspecified atom stereocenters. The summed E-state index contributed by atoms with van der Waals surface area (Å²) < 4.78 is 10.8. The number of ether oxygens (including phenoxy) is 2. The maximum absolute atomic E-state index is 13.6. The summed E-state index contributed by atoms with van der Waals surface area (Å²) in [6, 6.07) is 12.0. The Morgan fingerprint density at radius 3 is 2.35 bits per heavy atom. The van der Waals surface area contributed by atoms with Crippen LogP contribution in [0.15, 0.2) is 36.4 Å². The Morgan fingerprint density at radius 2 is 1.65 bits per heavy atom. The van der Waals surface area contributed by atoms with Crippen LogP contribution in [0.1, 0.15) is 48.4 Å². The highest BCUT2D eigenvalue weighted by Gasteiger charge is 2.54. The molecule has 0 saturated carbocycles. The second kappa shape index (κ2) is 8.95. The van der Waals surface area contributed by atoms with Crippen molar-refractivity contribution in [3.05, 3.63) is 58.7 Å². The number of benzene rings is 2. The van der Waals surface area contributed by atoms with Crippen LogP contribution in [0.3, 0.4) is 0 Å². The summed E-state index contributed by atoms with van der Waals surface area (Å²) in [6.45, 7) is 9.47. The molecule has 2 saturated heterocycles. The number of nitrogens with zero attached hydrogens (tertiary/aromatic N) is 2. The number of nitrogens with one attached hydrogen (secondary N) is 1. The van der Waals surface area contributed by atoms with Crippen molar-refractivity contribution in [2.75, 3.05) is 19.9 Å². The molecule has 0 bridgehead atoms. The van der Waals surface area contributed by atoms with Crippen LogP contribution in [0.2, 0.25) is 0 Å². The van der Waals surface area contributed by atoms with Gasteiger partial charge < -0.3 is 14.8 Å². The van der Waals surface area contributed by atoms with Crippen molar-refractivity contribution in [3.63, 3.8) is 0 Å². The molecule has 7 heteroatoms. The van der Waals surface area contributed by atoms with Gasteiger partial charge in [0.15, 0.2) is 11.5 Å². The predicted octanol–water partition coefficient (Wildman–Crippen LogP) is 4.14. The second-order valence-electron chi connectivity index (χ2n) is 9.88. The van der Waals surface area contributed by atoms with E-state index in [0.717, 1.165) is 38.0 Å². The Kier molecular flexibility index (Phi) is 5.98. The van der Waals surface area contributed by atoms with Crippen LogP contribution < -0.4 is 14.8 Å². The fourth-order valence-electron chi connectivity index (χ4n) is 5.82. The van der Waals surface area contributed by atoms with Gasteiger partial charge in [-0.15, -0.1) is 0 Å². The van der Waals surface area contributed by atoms with Crippen LogP contribution in [-0.2, 0) is 17.9 Å². The highest BCUT2D eigenvalue weighted by atomic mass is 16.7. The third-order valence-electron chi connectivity index (χ3n) is 7.51. The summed E-state index contributed by atoms with van der Waals surface area (Å²) in [6.07, 6.45) is 2.38. The number of amides is 3. The van der Waals surface area contributed by atoms with Crippen LogP contribution in [0, 0.1) is 19.8 Å². The largest absolute Gasteiger partial charge is 0.454 e. The molecule has 5 rings (SSSR count). The molecule has 2 aromatic carbocycles. The first-order chi connectivity index (χ1) is 16.4. The lowest BCUT2D eigenvalue weighted by Gasteiger charge is -2.40. The normalized spacial score (nSPS) is 23.0. The average Bonchev–Trinajstić information content (AvgIpc) is 3.37. The quantitative estimate of drug-likeness (QED) is 0.652. The van der Waals surface area contributed by atoms with Crippen molar-refractivity contribution in [1.82, 2.24) is 15.1 Å². The monoisotopic (exact) mass is 463 g/mol. The Balaban J connectivity index is 1.25. The third kappa shape index (κ3) is 4.13. The maximum Gasteiger partial charge on any atom is 0.325 e. The smallest absolute Gasteiger partial charge is 0.325 e. The lowest BCUT2D eigenvalue weighted by molar-refractivity contribution is -0.134. The molecule has 0 aliphatic carbocycles. The van der Waals surface area contributed by atoms with Crippen molar-refractivity contribution in [3.8, 4) is 11.5 Å². The van der Waals surface area contributed by atoms with E-state index in [-0.39, 0.29) is 31.2 Å². The van der Waals surface area contributed by atoms with Gasteiger partial charge in [-0.25, -0.2) is 4.79 Å². The van der Waals surface area contributed by atoms with E-state index < -0.39 is 5.54 Å². The van der Waals surface area contributed by atoms with E-state index in [4.69, 9.17) is 9.47 Å². The lowest BCUT2D eigenvalue weighted by atomic mass is 9.75. The van der Waals surface area contributed by atoms with Crippen LogP contribution in [-0.4, -0.2) is 47.2 Å². The molecule has 0 radical (unpaired) electrons. The molecular weight excluding hydrogens is 430 g/mol. The van der Waals surface area contributed by atoms with Gasteiger partial charge in [-0.3, -0.25) is 14.6 Å². The minimum atomic E-state index is -0.820. The number of aryl methyl sites for hydroxylation is 2. The Bertz CT molecular complexity index is 1090. The van der Waals surface area contributed by atoms with Gasteiger partial charge in [0.25, 0.3) is 5.91 Å². The van der Waals surface area contributed by atoms with Gasteiger partial charge in [0, 0.05) is 6.54 Å². The molecule has 1 N–H and O–H groups in total. The molecule has 180 valence electrons. The van der Waals surface area contributed by atoms with Crippen LogP contribution in [0.4, 0.5) is 4.79 Å². The molecule has 3 amide bonds. The first kappa shape index (κ1) is 22.7. The number of likely N-dealkylation sites (tertiary alicyclic amines) is 1. The molecule has 0 aromatic heterocycles. The molecule has 2 fully saturated rings. The van der Waals surface area contributed by atoms with Crippen molar-refractivity contribution < 1.29 is 19.1 Å². The summed E-state index contributed by atoms with van der Waals surface area (Å²) in [5.74, 6) is 1.37. The van der Waals surface area contributed by atoms with Gasteiger partial charge in [0.1, 0.15) is 5.54 Å². The topological polar surface area (TPSA) is 71.1 Å². The zero-order valence-electron chi connectivity index (χ0n) is 20.2. The SMILES string of the molecule is CC[C@@]1(C2CCN(Cc3cc(C)cc(C)c3)CC2)NC(=O)N(Cc2ccc3c(c2)OCO3)C1=O. The lowest BCUT2D eigenvalue weighted by Crippen LogP contribution is -2.55. The number of carbonyl (C=O) groups excluding carboxylic acids is 2. The second-order valence-corrected chi connectivity index (χ2v) is 9.88. The summed E-state index contributed by atoms with van der Waals surface area (Å²) in [5, 5.41) is 3.10. The maximum atomic E-state index is 13.6. The Morgan fingerprint density at radius 1 is 0.941 bits per heavy atom. The first-order valence-electron chi connectivity index (χ1n) is 12.2. The van der Waals surface area contributed by atoms with Gasteiger partial charge in [0.05, 0.1) is 6.54 Å². The van der Waals surface area contributed by atoms with E-state index in [1.807, 2.05) is 25.1 Å². The van der Waals surface area contributed by atoms with Crippen LogP contribution >= 0.6 is 0 Å². The highest BCUT2D eigenvalue weighted by Crippen LogP contribution is 2.38.